The molecule has 2 N–H and O–H groups in total. The average Bonchev–Trinajstić information content (AvgIpc) is 2.64. The smallest absolute Gasteiger partial charge is 0.244 e. The largest absolute Gasteiger partial charge is 0.495 e. The van der Waals surface area contributed by atoms with Crippen molar-refractivity contribution in [3.8, 4) is 5.75 Å². The Bertz CT molecular complexity index is 863. The van der Waals surface area contributed by atoms with Crippen LogP contribution in [0.3, 0.4) is 0 Å². The molecule has 0 bridgehead atoms. The van der Waals surface area contributed by atoms with Crippen LogP contribution < -0.4 is 9.46 Å². The first kappa shape index (κ1) is 21.4. The Hall–Kier alpha value is -1.93. The van der Waals surface area contributed by atoms with Crippen molar-refractivity contribution < 1.29 is 23.0 Å². The summed E-state index contributed by atoms with van der Waals surface area (Å²) in [6, 6.07) is 11.0. The molecule has 0 heterocycles. The molecule has 0 aliphatic carbocycles. The predicted octanol–water partition coefficient (Wildman–Crippen LogP) is 2.65. The summed E-state index contributed by atoms with van der Waals surface area (Å²) in [5.41, 5.74) is 3.75. The van der Waals surface area contributed by atoms with Gasteiger partial charge in [-0.25, -0.2) is 13.1 Å². The molecule has 1 atom stereocenters. The third kappa shape index (κ3) is 5.52. The normalized spacial score (nSPS) is 12.8. The van der Waals surface area contributed by atoms with Crippen LogP contribution in [0.5, 0.6) is 5.75 Å². The van der Waals surface area contributed by atoms with Crippen LogP contribution in [0.25, 0.3) is 0 Å². The van der Waals surface area contributed by atoms with Gasteiger partial charge in [-0.2, -0.15) is 0 Å². The van der Waals surface area contributed by atoms with Gasteiger partial charge in [0.1, 0.15) is 10.6 Å². The SMILES string of the molecule is COc1cc(C)c(C)cc1S(=O)(=O)NCC(OCCO)c1ccc(C)cc1. The van der Waals surface area contributed by atoms with Crippen LogP contribution in [0.1, 0.15) is 28.4 Å². The van der Waals surface area contributed by atoms with Crippen molar-refractivity contribution in [1.29, 1.82) is 0 Å². The fourth-order valence-electron chi connectivity index (χ4n) is 2.64. The summed E-state index contributed by atoms with van der Waals surface area (Å²) in [6.45, 7) is 5.75. The Labute approximate surface area is 161 Å². The van der Waals surface area contributed by atoms with E-state index < -0.39 is 16.1 Å². The molecule has 0 aromatic heterocycles. The first-order valence-electron chi connectivity index (χ1n) is 8.72. The monoisotopic (exact) mass is 393 g/mol. The summed E-state index contributed by atoms with van der Waals surface area (Å²) >= 11 is 0. The molecule has 0 aliphatic heterocycles. The van der Waals surface area contributed by atoms with E-state index in [1.54, 1.807) is 12.1 Å². The number of sulfonamides is 1. The molecule has 0 saturated heterocycles. The zero-order valence-electron chi connectivity index (χ0n) is 16.2. The molecule has 1 unspecified atom stereocenters. The van der Waals surface area contributed by atoms with E-state index in [2.05, 4.69) is 4.72 Å². The number of aryl methyl sites for hydroxylation is 3. The molecule has 7 heteroatoms. The van der Waals surface area contributed by atoms with Crippen molar-refractivity contribution in [2.45, 2.75) is 31.8 Å². The van der Waals surface area contributed by atoms with Crippen LogP contribution in [0.15, 0.2) is 41.3 Å². The number of aliphatic hydroxyl groups excluding tert-OH is 1. The highest BCUT2D eigenvalue weighted by Gasteiger charge is 2.23. The highest BCUT2D eigenvalue weighted by molar-refractivity contribution is 7.89. The minimum atomic E-state index is -3.80. The van der Waals surface area contributed by atoms with Crippen molar-refractivity contribution in [3.05, 3.63) is 58.7 Å². The number of aliphatic hydroxyl groups is 1. The predicted molar refractivity (Wildman–Crippen MR) is 105 cm³/mol. The van der Waals surface area contributed by atoms with E-state index in [4.69, 9.17) is 14.6 Å². The second kappa shape index (κ2) is 9.32. The molecule has 0 saturated carbocycles. The third-order valence-corrected chi connectivity index (χ3v) is 5.83. The standard InChI is InChI=1S/C20H27NO5S/c1-14-5-7-17(8-6-14)19(26-10-9-22)13-21-27(23,24)20-12-16(3)15(2)11-18(20)25-4/h5-8,11-12,19,21-22H,9-10,13H2,1-4H3. The fraction of sp³-hybridized carbons (Fsp3) is 0.400. The first-order chi connectivity index (χ1) is 12.8. The van der Waals surface area contributed by atoms with Gasteiger partial charge in [-0.15, -0.1) is 0 Å². The van der Waals surface area contributed by atoms with Gasteiger partial charge in [0.25, 0.3) is 0 Å². The Morgan fingerprint density at radius 2 is 1.70 bits per heavy atom. The first-order valence-corrected chi connectivity index (χ1v) is 10.2. The summed E-state index contributed by atoms with van der Waals surface area (Å²) in [6.07, 6.45) is -0.509. The molecular weight excluding hydrogens is 366 g/mol. The van der Waals surface area contributed by atoms with Crippen molar-refractivity contribution in [3.63, 3.8) is 0 Å². The Balaban J connectivity index is 2.24. The van der Waals surface area contributed by atoms with Gasteiger partial charge in [-0.3, -0.25) is 0 Å². The van der Waals surface area contributed by atoms with Gasteiger partial charge in [-0.05, 0) is 49.6 Å². The lowest BCUT2D eigenvalue weighted by Crippen LogP contribution is -2.30. The highest BCUT2D eigenvalue weighted by Crippen LogP contribution is 2.27. The summed E-state index contributed by atoms with van der Waals surface area (Å²) in [4.78, 5) is 0.0953. The maximum atomic E-state index is 12.8. The van der Waals surface area contributed by atoms with E-state index in [1.807, 2.05) is 45.0 Å². The maximum Gasteiger partial charge on any atom is 0.244 e. The number of nitrogens with one attached hydrogen (secondary N) is 1. The van der Waals surface area contributed by atoms with Gasteiger partial charge in [0.15, 0.2) is 0 Å². The van der Waals surface area contributed by atoms with Gasteiger partial charge >= 0.3 is 0 Å². The van der Waals surface area contributed by atoms with Gasteiger partial charge < -0.3 is 14.6 Å². The van der Waals surface area contributed by atoms with Crippen LogP contribution in [0.4, 0.5) is 0 Å². The highest BCUT2D eigenvalue weighted by atomic mass is 32.2. The topological polar surface area (TPSA) is 84.9 Å². The fourth-order valence-corrected chi connectivity index (χ4v) is 3.91. The summed E-state index contributed by atoms with van der Waals surface area (Å²) in [5.74, 6) is 0.300. The van der Waals surface area contributed by atoms with E-state index in [0.717, 1.165) is 22.3 Å². The molecule has 2 rings (SSSR count). The molecule has 6 nitrogen and oxygen atoms in total. The molecule has 27 heavy (non-hydrogen) atoms. The van der Waals surface area contributed by atoms with E-state index in [9.17, 15) is 8.42 Å². The van der Waals surface area contributed by atoms with Crippen LogP contribution in [0.2, 0.25) is 0 Å². The van der Waals surface area contributed by atoms with Crippen molar-refractivity contribution in [2.75, 3.05) is 26.9 Å². The summed E-state index contributed by atoms with van der Waals surface area (Å²) < 4.78 is 39.2. The lowest BCUT2D eigenvalue weighted by atomic mass is 10.1. The Morgan fingerprint density at radius 3 is 2.30 bits per heavy atom. The van der Waals surface area contributed by atoms with E-state index in [-0.39, 0.29) is 24.7 Å². The van der Waals surface area contributed by atoms with Crippen LogP contribution in [0, 0.1) is 20.8 Å². The summed E-state index contributed by atoms with van der Waals surface area (Å²) in [7, 11) is -2.35. The molecule has 0 fully saturated rings. The number of rotatable bonds is 9. The molecule has 2 aromatic rings. The molecule has 0 amide bonds. The molecule has 148 valence electrons. The van der Waals surface area contributed by atoms with Crippen molar-refractivity contribution >= 4 is 10.0 Å². The van der Waals surface area contributed by atoms with Crippen LogP contribution in [-0.2, 0) is 14.8 Å². The van der Waals surface area contributed by atoms with E-state index in [0.29, 0.717) is 5.75 Å². The van der Waals surface area contributed by atoms with Crippen molar-refractivity contribution in [2.24, 2.45) is 0 Å². The molecule has 0 spiro atoms. The van der Waals surface area contributed by atoms with E-state index in [1.165, 1.54) is 7.11 Å². The minimum absolute atomic E-state index is 0.0431. The van der Waals surface area contributed by atoms with Gasteiger partial charge in [-0.1, -0.05) is 29.8 Å². The zero-order valence-corrected chi connectivity index (χ0v) is 17.0. The summed E-state index contributed by atoms with van der Waals surface area (Å²) in [5, 5.41) is 9.06. The van der Waals surface area contributed by atoms with Crippen LogP contribution in [-0.4, -0.2) is 40.4 Å². The zero-order chi connectivity index (χ0) is 20.0. The van der Waals surface area contributed by atoms with Crippen molar-refractivity contribution in [1.82, 2.24) is 4.72 Å². The quantitative estimate of drug-likeness (QED) is 0.684. The van der Waals surface area contributed by atoms with Gasteiger partial charge in [0.05, 0.1) is 26.4 Å². The maximum absolute atomic E-state index is 12.8. The average molecular weight is 394 g/mol. The van der Waals surface area contributed by atoms with Gasteiger partial charge in [0.2, 0.25) is 10.0 Å². The number of hydrogen-bond donors (Lipinski definition) is 2. The number of ether oxygens (including phenoxy) is 2. The molecule has 0 radical (unpaired) electrons. The number of hydrogen-bond acceptors (Lipinski definition) is 5. The lowest BCUT2D eigenvalue weighted by Gasteiger charge is -2.20. The lowest BCUT2D eigenvalue weighted by molar-refractivity contribution is 0.0309. The van der Waals surface area contributed by atoms with Gasteiger partial charge in [0, 0.05) is 6.54 Å². The number of methoxy groups -OCH3 is 1. The molecule has 2 aromatic carbocycles. The Morgan fingerprint density at radius 1 is 1.07 bits per heavy atom. The third-order valence-electron chi connectivity index (χ3n) is 4.39. The second-order valence-corrected chi connectivity index (χ2v) is 8.17. The second-order valence-electron chi connectivity index (χ2n) is 6.43. The minimum Gasteiger partial charge on any atom is -0.495 e. The number of benzene rings is 2. The molecule has 0 aliphatic rings. The van der Waals surface area contributed by atoms with E-state index >= 15 is 0 Å². The van der Waals surface area contributed by atoms with Crippen LogP contribution >= 0.6 is 0 Å². The molecular formula is C20H27NO5S. The Kier molecular flexibility index (Phi) is 7.38.